The number of hydrogen-bond donors (Lipinski definition) is 3. The molecule has 3 unspecified atom stereocenters. The second-order valence-corrected chi connectivity index (χ2v) is 4.96. The van der Waals surface area contributed by atoms with Crippen LogP contribution in [0.25, 0.3) is 0 Å². The zero-order valence-electron chi connectivity index (χ0n) is 10.5. The lowest BCUT2D eigenvalue weighted by molar-refractivity contribution is 0.199. The van der Waals surface area contributed by atoms with Gasteiger partial charge in [-0.3, -0.25) is 0 Å². The summed E-state index contributed by atoms with van der Waals surface area (Å²) >= 11 is 0. The SMILES string of the molecule is NCC(NC1CCCC1CO)c1ccccc1F. The molecule has 1 saturated carbocycles. The van der Waals surface area contributed by atoms with E-state index in [1.165, 1.54) is 6.07 Å². The topological polar surface area (TPSA) is 58.3 Å². The van der Waals surface area contributed by atoms with Crippen molar-refractivity contribution in [2.45, 2.75) is 31.3 Å². The monoisotopic (exact) mass is 252 g/mol. The molecule has 0 amide bonds. The van der Waals surface area contributed by atoms with Gasteiger partial charge in [-0.05, 0) is 24.8 Å². The first kappa shape index (κ1) is 13.5. The Hall–Kier alpha value is -0.970. The second-order valence-electron chi connectivity index (χ2n) is 4.96. The van der Waals surface area contributed by atoms with E-state index in [1.807, 2.05) is 6.07 Å². The highest BCUT2D eigenvalue weighted by molar-refractivity contribution is 5.21. The van der Waals surface area contributed by atoms with Crippen LogP contribution >= 0.6 is 0 Å². The normalized spacial score (nSPS) is 25.3. The van der Waals surface area contributed by atoms with Gasteiger partial charge in [-0.25, -0.2) is 4.39 Å². The molecule has 0 radical (unpaired) electrons. The summed E-state index contributed by atoms with van der Waals surface area (Å²) < 4.78 is 13.7. The summed E-state index contributed by atoms with van der Waals surface area (Å²) in [5.41, 5.74) is 6.36. The highest BCUT2D eigenvalue weighted by atomic mass is 19.1. The van der Waals surface area contributed by atoms with Crippen molar-refractivity contribution in [1.82, 2.24) is 5.32 Å². The number of aliphatic hydroxyl groups excluding tert-OH is 1. The standard InChI is InChI=1S/C14H21FN2O/c15-12-6-2-1-5-11(12)14(8-16)17-13-7-3-4-10(13)9-18/h1-2,5-6,10,13-14,17-18H,3-4,7-9,16H2. The number of rotatable bonds is 5. The van der Waals surface area contributed by atoms with Crippen LogP contribution in [0.4, 0.5) is 4.39 Å². The minimum atomic E-state index is -0.223. The molecular formula is C14H21FN2O. The molecular weight excluding hydrogens is 231 g/mol. The van der Waals surface area contributed by atoms with Gasteiger partial charge in [0.15, 0.2) is 0 Å². The number of hydrogen-bond acceptors (Lipinski definition) is 3. The summed E-state index contributed by atoms with van der Waals surface area (Å²) in [6.07, 6.45) is 3.16. The van der Waals surface area contributed by atoms with Crippen LogP contribution < -0.4 is 11.1 Å². The van der Waals surface area contributed by atoms with Gasteiger partial charge in [-0.1, -0.05) is 24.6 Å². The molecule has 0 heterocycles. The number of halogens is 1. The van der Waals surface area contributed by atoms with Crippen molar-refractivity contribution in [2.24, 2.45) is 11.7 Å². The highest BCUT2D eigenvalue weighted by Crippen LogP contribution is 2.28. The van der Waals surface area contributed by atoms with Crippen molar-refractivity contribution in [3.63, 3.8) is 0 Å². The molecule has 2 rings (SSSR count). The first-order valence-electron chi connectivity index (χ1n) is 6.57. The smallest absolute Gasteiger partial charge is 0.128 e. The molecule has 0 saturated heterocycles. The van der Waals surface area contributed by atoms with Crippen LogP contribution in [-0.2, 0) is 0 Å². The minimum Gasteiger partial charge on any atom is -0.396 e. The van der Waals surface area contributed by atoms with E-state index in [0.717, 1.165) is 19.3 Å². The fourth-order valence-electron chi connectivity index (χ4n) is 2.78. The molecule has 3 nitrogen and oxygen atoms in total. The molecule has 18 heavy (non-hydrogen) atoms. The van der Waals surface area contributed by atoms with Gasteiger partial charge in [0.05, 0.1) is 0 Å². The fraction of sp³-hybridized carbons (Fsp3) is 0.571. The maximum atomic E-state index is 13.7. The molecule has 1 fully saturated rings. The van der Waals surface area contributed by atoms with Crippen molar-refractivity contribution in [3.8, 4) is 0 Å². The largest absolute Gasteiger partial charge is 0.396 e. The van der Waals surface area contributed by atoms with E-state index in [1.54, 1.807) is 12.1 Å². The summed E-state index contributed by atoms with van der Waals surface area (Å²) in [6, 6.07) is 6.78. The number of aliphatic hydroxyl groups is 1. The van der Waals surface area contributed by atoms with E-state index in [9.17, 15) is 9.50 Å². The molecule has 0 bridgehead atoms. The molecule has 0 aromatic heterocycles. The summed E-state index contributed by atoms with van der Waals surface area (Å²) in [6.45, 7) is 0.543. The highest BCUT2D eigenvalue weighted by Gasteiger charge is 2.29. The van der Waals surface area contributed by atoms with Gasteiger partial charge in [0.2, 0.25) is 0 Å². The fourth-order valence-corrected chi connectivity index (χ4v) is 2.78. The van der Waals surface area contributed by atoms with Crippen molar-refractivity contribution in [2.75, 3.05) is 13.2 Å². The molecule has 4 heteroatoms. The third-order valence-corrected chi connectivity index (χ3v) is 3.83. The summed E-state index contributed by atoms with van der Waals surface area (Å²) in [7, 11) is 0. The van der Waals surface area contributed by atoms with Crippen LogP contribution in [0, 0.1) is 11.7 Å². The predicted molar refractivity (Wildman–Crippen MR) is 69.5 cm³/mol. The van der Waals surface area contributed by atoms with E-state index in [2.05, 4.69) is 5.32 Å². The second kappa shape index (κ2) is 6.27. The lowest BCUT2D eigenvalue weighted by Crippen LogP contribution is -2.40. The van der Waals surface area contributed by atoms with Crippen LogP contribution in [0.2, 0.25) is 0 Å². The molecule has 100 valence electrons. The predicted octanol–water partition coefficient (Wildman–Crippen LogP) is 1.58. The van der Waals surface area contributed by atoms with E-state index >= 15 is 0 Å². The van der Waals surface area contributed by atoms with Gasteiger partial charge in [0, 0.05) is 30.8 Å². The van der Waals surface area contributed by atoms with Crippen LogP contribution in [0.3, 0.4) is 0 Å². The summed E-state index contributed by atoms with van der Waals surface area (Å²) in [4.78, 5) is 0. The zero-order chi connectivity index (χ0) is 13.0. The Morgan fingerprint density at radius 2 is 2.17 bits per heavy atom. The van der Waals surface area contributed by atoms with E-state index < -0.39 is 0 Å². The van der Waals surface area contributed by atoms with Gasteiger partial charge in [0.1, 0.15) is 5.82 Å². The quantitative estimate of drug-likeness (QED) is 0.745. The molecule has 1 aliphatic rings. The molecule has 1 aromatic carbocycles. The Labute approximate surface area is 107 Å². The lowest BCUT2D eigenvalue weighted by Gasteiger charge is -2.26. The third kappa shape index (κ3) is 2.88. The lowest BCUT2D eigenvalue weighted by atomic mass is 10.0. The van der Waals surface area contributed by atoms with Crippen LogP contribution in [0.5, 0.6) is 0 Å². The Bertz CT molecular complexity index is 386. The van der Waals surface area contributed by atoms with Gasteiger partial charge in [-0.2, -0.15) is 0 Å². The molecule has 3 atom stereocenters. The van der Waals surface area contributed by atoms with E-state index in [0.29, 0.717) is 12.1 Å². The van der Waals surface area contributed by atoms with Gasteiger partial charge >= 0.3 is 0 Å². The molecule has 0 aliphatic heterocycles. The first-order valence-corrected chi connectivity index (χ1v) is 6.57. The maximum absolute atomic E-state index is 13.7. The first-order chi connectivity index (χ1) is 8.76. The third-order valence-electron chi connectivity index (χ3n) is 3.83. The van der Waals surface area contributed by atoms with E-state index in [-0.39, 0.29) is 30.4 Å². The Morgan fingerprint density at radius 1 is 1.39 bits per heavy atom. The van der Waals surface area contributed by atoms with Gasteiger partial charge in [-0.15, -0.1) is 0 Å². The maximum Gasteiger partial charge on any atom is 0.128 e. The molecule has 0 spiro atoms. The summed E-state index contributed by atoms with van der Waals surface area (Å²) in [5, 5.41) is 12.7. The van der Waals surface area contributed by atoms with Crippen molar-refractivity contribution in [1.29, 1.82) is 0 Å². The Balaban J connectivity index is 2.08. The van der Waals surface area contributed by atoms with Crippen LogP contribution in [0.15, 0.2) is 24.3 Å². The molecule has 4 N–H and O–H groups in total. The van der Waals surface area contributed by atoms with Gasteiger partial charge < -0.3 is 16.2 Å². The average molecular weight is 252 g/mol. The van der Waals surface area contributed by atoms with Crippen LogP contribution in [-0.4, -0.2) is 24.3 Å². The van der Waals surface area contributed by atoms with Crippen molar-refractivity contribution >= 4 is 0 Å². The molecule has 1 aromatic rings. The molecule has 1 aliphatic carbocycles. The van der Waals surface area contributed by atoms with Gasteiger partial charge in [0.25, 0.3) is 0 Å². The Morgan fingerprint density at radius 3 is 2.83 bits per heavy atom. The number of nitrogens with one attached hydrogen (secondary N) is 1. The average Bonchev–Trinajstić information content (AvgIpc) is 2.84. The Kier molecular flexibility index (Phi) is 4.69. The minimum absolute atomic E-state index is 0.177. The number of nitrogens with two attached hydrogens (primary N) is 1. The number of benzene rings is 1. The van der Waals surface area contributed by atoms with Crippen molar-refractivity contribution < 1.29 is 9.50 Å². The van der Waals surface area contributed by atoms with E-state index in [4.69, 9.17) is 5.73 Å². The zero-order valence-corrected chi connectivity index (χ0v) is 10.5. The summed E-state index contributed by atoms with van der Waals surface area (Å²) in [5.74, 6) is 0.0461. The van der Waals surface area contributed by atoms with Crippen molar-refractivity contribution in [3.05, 3.63) is 35.6 Å². The van der Waals surface area contributed by atoms with Crippen LogP contribution in [0.1, 0.15) is 30.9 Å².